The van der Waals surface area contributed by atoms with Crippen LogP contribution in [0.3, 0.4) is 0 Å². The normalized spacial score (nSPS) is 27.3. The Balaban J connectivity index is 4.38. The standard InChI is InChI=1S/C67H121N9O13/c1-26-48-36-56(79)58(59(80)44(14)27-28-68-29-30-89-25)76(24)67(88)57(43(12)13)75(23)66(87)53(34-41(8)9)74(22)65(86)52(33-40(6)7)73(21)61(82)46(16)69-60(81)45(15)35-54(77)50(31-38(2)3)72(20)64(85)49(42(10)11)37-55(78)51(32-39(4)5)71(19)62(83)47(17)70(18)63(48)84/h38-53,57-59,68,80H,26-37H2,1-25H3,(H,69,81)/t44-,45+,46+,47-,48+,49-,50-,51+,52-,53-,57-,58+,59-/m1/s1. The maximum Gasteiger partial charge on any atom is 0.246 e. The van der Waals surface area contributed by atoms with Crippen LogP contribution < -0.4 is 10.6 Å². The Morgan fingerprint density at radius 1 is 0.483 bits per heavy atom. The van der Waals surface area contributed by atoms with Gasteiger partial charge in [0.1, 0.15) is 36.3 Å². The van der Waals surface area contributed by atoms with Gasteiger partial charge in [-0.25, -0.2) is 0 Å². The number of Topliss-reactive ketones (excluding diaryl/α,β-unsaturated/α-hetero) is 3. The van der Waals surface area contributed by atoms with Gasteiger partial charge in [-0.3, -0.25) is 52.7 Å². The van der Waals surface area contributed by atoms with Crippen LogP contribution in [-0.4, -0.2) is 235 Å². The van der Waals surface area contributed by atoms with Crippen molar-refractivity contribution in [1.29, 1.82) is 0 Å². The lowest BCUT2D eigenvalue weighted by Crippen LogP contribution is -2.62. The van der Waals surface area contributed by atoms with Gasteiger partial charge in [-0.2, -0.15) is 0 Å². The van der Waals surface area contributed by atoms with E-state index in [-0.39, 0.29) is 74.4 Å². The number of methoxy groups -OCH3 is 1. The molecule has 1 heterocycles. The van der Waals surface area contributed by atoms with Gasteiger partial charge >= 0.3 is 0 Å². The first-order chi connectivity index (χ1) is 41.1. The number of ketones is 3. The second-order valence-electron chi connectivity index (χ2n) is 28.1. The van der Waals surface area contributed by atoms with E-state index in [0.717, 1.165) is 4.90 Å². The molecule has 1 aliphatic rings. The molecule has 22 nitrogen and oxygen atoms in total. The predicted molar refractivity (Wildman–Crippen MR) is 347 cm³/mol. The highest BCUT2D eigenvalue weighted by molar-refractivity contribution is 6.00. The fraction of sp³-hybridized carbons (Fsp3) is 0.836. The van der Waals surface area contributed by atoms with Gasteiger partial charge in [-0.05, 0) is 100 Å². The maximum absolute atomic E-state index is 15.3. The number of likely N-dealkylation sites (N-methyl/N-ethyl adjacent to an activating group) is 7. The molecule has 1 aliphatic heterocycles. The molecule has 1 fully saturated rings. The molecule has 0 aromatic heterocycles. The van der Waals surface area contributed by atoms with Crippen molar-refractivity contribution < 1.29 is 62.6 Å². The van der Waals surface area contributed by atoms with Gasteiger partial charge in [0.15, 0.2) is 17.3 Å². The highest BCUT2D eigenvalue weighted by atomic mass is 16.5. The average molecular weight is 1260 g/mol. The van der Waals surface area contributed by atoms with Gasteiger partial charge in [0.2, 0.25) is 47.3 Å². The molecule has 13 atom stereocenters. The largest absolute Gasteiger partial charge is 0.390 e. The van der Waals surface area contributed by atoms with Crippen molar-refractivity contribution in [2.24, 2.45) is 59.2 Å². The second-order valence-corrected chi connectivity index (χ2v) is 28.1. The number of rotatable bonds is 19. The van der Waals surface area contributed by atoms with Crippen molar-refractivity contribution in [2.45, 2.75) is 230 Å². The number of aliphatic hydroxyl groups excluding tert-OH is 1. The Morgan fingerprint density at radius 2 is 0.910 bits per heavy atom. The van der Waals surface area contributed by atoms with E-state index in [9.17, 15) is 38.7 Å². The zero-order valence-electron chi connectivity index (χ0n) is 59.4. The van der Waals surface area contributed by atoms with Gasteiger partial charge in [-0.15, -0.1) is 0 Å². The number of amides is 8. The second kappa shape index (κ2) is 37.9. The van der Waals surface area contributed by atoms with E-state index < -0.39 is 155 Å². The van der Waals surface area contributed by atoms with E-state index in [1.54, 1.807) is 41.7 Å². The van der Waals surface area contributed by atoms with E-state index in [1.807, 2.05) is 69.2 Å². The molecule has 8 amide bonds. The van der Waals surface area contributed by atoms with Crippen molar-refractivity contribution >= 4 is 64.6 Å². The lowest BCUT2D eigenvalue weighted by Gasteiger charge is -2.41. The minimum atomic E-state index is -1.52. The molecular formula is C67H121N9O13. The smallest absolute Gasteiger partial charge is 0.246 e. The summed E-state index contributed by atoms with van der Waals surface area (Å²) in [4.78, 5) is 171. The third-order valence-electron chi connectivity index (χ3n) is 18.1. The monoisotopic (exact) mass is 1260 g/mol. The van der Waals surface area contributed by atoms with E-state index >= 15 is 19.2 Å². The van der Waals surface area contributed by atoms with Crippen molar-refractivity contribution in [3.63, 3.8) is 0 Å². The quantitative estimate of drug-likeness (QED) is 0.133. The average Bonchev–Trinajstić information content (AvgIpc) is 1.83. The molecule has 512 valence electrons. The van der Waals surface area contributed by atoms with Crippen LogP contribution in [0.2, 0.25) is 0 Å². The summed E-state index contributed by atoms with van der Waals surface area (Å²) >= 11 is 0. The maximum atomic E-state index is 15.3. The number of carbonyl (C=O) groups excluding carboxylic acids is 11. The Hall–Kier alpha value is -5.35. The molecule has 0 aromatic rings. The Morgan fingerprint density at radius 3 is 1.36 bits per heavy atom. The van der Waals surface area contributed by atoms with Gasteiger partial charge in [0.25, 0.3) is 0 Å². The number of aliphatic hydroxyl groups is 1. The zero-order valence-corrected chi connectivity index (χ0v) is 59.4. The molecule has 3 N–H and O–H groups in total. The number of ether oxygens (including phenoxy) is 1. The van der Waals surface area contributed by atoms with Crippen molar-refractivity contribution in [3.05, 3.63) is 0 Å². The van der Waals surface area contributed by atoms with Crippen LogP contribution >= 0.6 is 0 Å². The van der Waals surface area contributed by atoms with E-state index in [1.165, 1.54) is 92.6 Å². The van der Waals surface area contributed by atoms with Gasteiger partial charge in [-0.1, -0.05) is 104 Å². The highest BCUT2D eigenvalue weighted by Crippen LogP contribution is 2.29. The summed E-state index contributed by atoms with van der Waals surface area (Å²) in [6.07, 6.45) is -1.13. The molecule has 0 aromatic carbocycles. The van der Waals surface area contributed by atoms with Crippen LogP contribution in [0.5, 0.6) is 0 Å². The summed E-state index contributed by atoms with van der Waals surface area (Å²) in [5.41, 5.74) is 0. The topological polar surface area (TPSA) is 264 Å². The van der Waals surface area contributed by atoms with Crippen LogP contribution in [0.1, 0.15) is 175 Å². The molecule has 89 heavy (non-hydrogen) atoms. The lowest BCUT2D eigenvalue weighted by molar-refractivity contribution is -0.157. The van der Waals surface area contributed by atoms with Gasteiger partial charge < -0.3 is 54.8 Å². The third-order valence-corrected chi connectivity index (χ3v) is 18.1. The summed E-state index contributed by atoms with van der Waals surface area (Å²) < 4.78 is 5.17. The first-order valence-corrected chi connectivity index (χ1v) is 32.8. The summed E-state index contributed by atoms with van der Waals surface area (Å²) in [6, 6.07) is -9.34. The van der Waals surface area contributed by atoms with E-state index in [2.05, 4.69) is 10.6 Å². The van der Waals surface area contributed by atoms with Crippen LogP contribution in [0.4, 0.5) is 0 Å². The first-order valence-electron chi connectivity index (χ1n) is 32.8. The van der Waals surface area contributed by atoms with Crippen LogP contribution in [0, 0.1) is 59.2 Å². The minimum Gasteiger partial charge on any atom is -0.390 e. The Bertz CT molecular complexity index is 2360. The molecule has 0 spiro atoms. The molecule has 0 unspecified atom stereocenters. The summed E-state index contributed by atoms with van der Waals surface area (Å²) in [7, 11) is 11.9. The van der Waals surface area contributed by atoms with Crippen molar-refractivity contribution in [2.75, 3.05) is 76.1 Å². The fourth-order valence-corrected chi connectivity index (χ4v) is 12.0. The molecule has 0 aliphatic carbocycles. The van der Waals surface area contributed by atoms with E-state index in [0.29, 0.717) is 26.1 Å². The highest BCUT2D eigenvalue weighted by Gasteiger charge is 2.46. The summed E-state index contributed by atoms with van der Waals surface area (Å²) in [5.74, 6) is -10.9. The van der Waals surface area contributed by atoms with Crippen LogP contribution in [0.25, 0.3) is 0 Å². The zero-order chi connectivity index (χ0) is 69.0. The molecule has 0 saturated carbocycles. The van der Waals surface area contributed by atoms with Crippen LogP contribution in [0.15, 0.2) is 0 Å². The van der Waals surface area contributed by atoms with Crippen LogP contribution in [-0.2, 0) is 57.5 Å². The minimum absolute atomic E-state index is 0.0710. The number of nitrogens with one attached hydrogen (secondary N) is 2. The Labute approximate surface area is 535 Å². The third kappa shape index (κ3) is 23.4. The Kier molecular flexibility index (Phi) is 34.7. The van der Waals surface area contributed by atoms with Gasteiger partial charge in [0.05, 0.1) is 24.8 Å². The molecule has 1 saturated heterocycles. The summed E-state index contributed by atoms with van der Waals surface area (Å²) in [6.45, 7) is 31.8. The molecular weight excluding hydrogens is 1140 g/mol. The number of nitrogens with zero attached hydrogens (tertiary/aromatic N) is 7. The molecule has 1 rings (SSSR count). The van der Waals surface area contributed by atoms with Crippen molar-refractivity contribution in [3.8, 4) is 0 Å². The fourth-order valence-electron chi connectivity index (χ4n) is 12.0. The number of carbonyl (C=O) groups is 11. The summed E-state index contributed by atoms with van der Waals surface area (Å²) in [5, 5.41) is 18.3. The number of hydrogen-bond donors (Lipinski definition) is 3. The molecule has 0 bridgehead atoms. The SMILES string of the molecule is CC[C@H]1CC(=O)[C@@H]([C@H](O)[C@H](C)CCNCCOC)N(C)C(=O)[C@@H](C(C)C)N(C)C(=O)[C@@H](CC(C)C)N(C)C(=O)[C@@H](CC(C)C)N(C)C(=O)[C@H](C)NC(=O)[C@@H](C)CC(=O)[C@@H](CC(C)C)N(C)C(=O)[C@@H](C(C)C)CC(=O)[C@H](CC(C)C)N(C)C(=O)[C@@H](C)N(C)C1=O. The molecule has 0 radical (unpaired) electrons. The van der Waals surface area contributed by atoms with Gasteiger partial charge in [0, 0.05) is 100 Å². The molecule has 22 heteroatoms. The lowest BCUT2D eigenvalue weighted by atomic mass is 9.84. The van der Waals surface area contributed by atoms with Crippen molar-refractivity contribution in [1.82, 2.24) is 44.9 Å². The van der Waals surface area contributed by atoms with E-state index in [4.69, 9.17) is 4.74 Å². The first kappa shape index (κ1) is 81.7. The predicted octanol–water partition coefficient (Wildman–Crippen LogP) is 5.59. The number of hydrogen-bond acceptors (Lipinski definition) is 14.